The van der Waals surface area contributed by atoms with Crippen molar-refractivity contribution in [3.05, 3.63) is 92.4 Å². The molecule has 1 N–H and O–H groups in total. The topological polar surface area (TPSA) is 86.8 Å². The summed E-state index contributed by atoms with van der Waals surface area (Å²) >= 11 is 19.2. The molecule has 3 aromatic carbocycles. The van der Waals surface area contributed by atoms with E-state index >= 15 is 0 Å². The largest absolute Gasteiger partial charge is 0.354 e. The lowest BCUT2D eigenvalue weighted by Crippen LogP contribution is -2.51. The lowest BCUT2D eigenvalue weighted by molar-refractivity contribution is -0.139. The van der Waals surface area contributed by atoms with Gasteiger partial charge in [-0.2, -0.15) is 0 Å². The van der Waals surface area contributed by atoms with Gasteiger partial charge in [0.2, 0.25) is 11.8 Å². The molecule has 220 valence electrons. The summed E-state index contributed by atoms with van der Waals surface area (Å²) in [6.45, 7) is 6.89. The molecule has 0 unspecified atom stereocenters. The van der Waals surface area contributed by atoms with E-state index in [1.165, 1.54) is 17.0 Å². The van der Waals surface area contributed by atoms with Crippen LogP contribution in [-0.4, -0.2) is 44.3 Å². The molecule has 3 aromatic rings. The molecule has 1 atom stereocenters. The SMILES string of the molecule is CCCCNC(=O)[C@H](C)N(Cc1c(Cl)cccc1Cl)C(=O)CN(c1cccc(Cl)c1C)S(=O)(=O)c1ccc(C)cc1. The molecule has 2 amide bonds. The number of hydrogen-bond acceptors (Lipinski definition) is 4. The number of aryl methyl sites for hydroxylation is 1. The van der Waals surface area contributed by atoms with Gasteiger partial charge in [-0.25, -0.2) is 8.42 Å². The van der Waals surface area contributed by atoms with Gasteiger partial charge in [-0.1, -0.05) is 78.0 Å². The Labute approximate surface area is 257 Å². The maximum absolute atomic E-state index is 14.1. The number of halogens is 3. The summed E-state index contributed by atoms with van der Waals surface area (Å²) in [5.41, 5.74) is 2.08. The van der Waals surface area contributed by atoms with Gasteiger partial charge >= 0.3 is 0 Å². The van der Waals surface area contributed by atoms with Crippen LogP contribution in [0.2, 0.25) is 15.1 Å². The zero-order valence-corrected chi connectivity index (χ0v) is 26.5. The van der Waals surface area contributed by atoms with Gasteiger partial charge in [0, 0.05) is 33.7 Å². The van der Waals surface area contributed by atoms with Gasteiger partial charge in [-0.05, 0) is 69.2 Å². The molecule has 0 spiro atoms. The minimum atomic E-state index is -4.22. The number of carbonyl (C=O) groups is 2. The van der Waals surface area contributed by atoms with Crippen molar-refractivity contribution in [3.63, 3.8) is 0 Å². The van der Waals surface area contributed by atoms with Crippen LogP contribution >= 0.6 is 34.8 Å². The summed E-state index contributed by atoms with van der Waals surface area (Å²) in [6, 6.07) is 15.2. The van der Waals surface area contributed by atoms with Crippen molar-refractivity contribution in [2.45, 2.75) is 58.0 Å². The Morgan fingerprint density at radius 1 is 0.902 bits per heavy atom. The van der Waals surface area contributed by atoms with Gasteiger partial charge in [-0.15, -0.1) is 0 Å². The van der Waals surface area contributed by atoms with E-state index in [2.05, 4.69) is 5.32 Å². The molecule has 0 heterocycles. The zero-order chi connectivity index (χ0) is 30.3. The van der Waals surface area contributed by atoms with E-state index in [0.29, 0.717) is 32.7 Å². The molecule has 41 heavy (non-hydrogen) atoms. The molecule has 7 nitrogen and oxygen atoms in total. The number of anilines is 1. The first kappa shape index (κ1) is 32.7. The van der Waals surface area contributed by atoms with Crippen LogP contribution in [0.25, 0.3) is 0 Å². The summed E-state index contributed by atoms with van der Waals surface area (Å²) in [5.74, 6) is -0.990. The number of hydrogen-bond donors (Lipinski definition) is 1. The van der Waals surface area contributed by atoms with Gasteiger partial charge in [0.15, 0.2) is 0 Å². The van der Waals surface area contributed by atoms with Crippen LogP contribution in [-0.2, 0) is 26.2 Å². The van der Waals surface area contributed by atoms with Crippen molar-refractivity contribution >= 4 is 62.3 Å². The number of sulfonamides is 1. The van der Waals surface area contributed by atoms with Crippen LogP contribution in [0.15, 0.2) is 65.6 Å². The molecule has 0 saturated heterocycles. The number of unbranched alkanes of at least 4 members (excludes halogenated alkanes) is 1. The predicted octanol–water partition coefficient (Wildman–Crippen LogP) is 6.79. The summed E-state index contributed by atoms with van der Waals surface area (Å²) in [5, 5.41) is 3.84. The highest BCUT2D eigenvalue weighted by atomic mass is 35.5. The highest BCUT2D eigenvalue weighted by Gasteiger charge is 2.33. The maximum Gasteiger partial charge on any atom is 0.264 e. The average molecular weight is 639 g/mol. The number of carbonyl (C=O) groups excluding carboxylic acids is 2. The fraction of sp³-hybridized carbons (Fsp3) is 0.333. The van der Waals surface area contributed by atoms with Gasteiger partial charge in [-0.3, -0.25) is 13.9 Å². The van der Waals surface area contributed by atoms with Crippen LogP contribution < -0.4 is 9.62 Å². The molecule has 0 aromatic heterocycles. The summed E-state index contributed by atoms with van der Waals surface area (Å²) < 4.78 is 29.0. The monoisotopic (exact) mass is 637 g/mol. The minimum absolute atomic E-state index is 0.0151. The Morgan fingerprint density at radius 2 is 1.49 bits per heavy atom. The van der Waals surface area contributed by atoms with E-state index in [0.717, 1.165) is 22.7 Å². The highest BCUT2D eigenvalue weighted by Crippen LogP contribution is 2.32. The summed E-state index contributed by atoms with van der Waals surface area (Å²) in [6.07, 6.45) is 1.66. The van der Waals surface area contributed by atoms with Crippen LogP contribution in [0.5, 0.6) is 0 Å². The predicted molar refractivity (Wildman–Crippen MR) is 166 cm³/mol. The second-order valence-electron chi connectivity index (χ2n) is 9.75. The molecule has 0 radical (unpaired) electrons. The Bertz CT molecular complexity index is 1480. The van der Waals surface area contributed by atoms with Crippen molar-refractivity contribution < 1.29 is 18.0 Å². The lowest BCUT2D eigenvalue weighted by Gasteiger charge is -2.33. The number of rotatable bonds is 12. The molecule has 11 heteroatoms. The zero-order valence-electron chi connectivity index (χ0n) is 23.5. The molecular weight excluding hydrogens is 605 g/mol. The number of amides is 2. The number of nitrogens with zero attached hydrogens (tertiary/aromatic N) is 2. The van der Waals surface area contributed by atoms with Gasteiger partial charge in [0.25, 0.3) is 10.0 Å². The van der Waals surface area contributed by atoms with E-state index in [1.54, 1.807) is 62.4 Å². The fourth-order valence-corrected chi connectivity index (χ4v) is 6.35. The molecule has 0 aliphatic rings. The van der Waals surface area contributed by atoms with E-state index < -0.39 is 28.5 Å². The molecule has 0 saturated carbocycles. The summed E-state index contributed by atoms with van der Waals surface area (Å²) in [7, 11) is -4.22. The molecule has 0 aliphatic carbocycles. The molecule has 0 aliphatic heterocycles. The van der Waals surface area contributed by atoms with Crippen molar-refractivity contribution in [1.29, 1.82) is 0 Å². The summed E-state index contributed by atoms with van der Waals surface area (Å²) in [4.78, 5) is 28.5. The Balaban J connectivity index is 2.08. The van der Waals surface area contributed by atoms with E-state index in [-0.39, 0.29) is 23.0 Å². The molecule has 0 fully saturated rings. The average Bonchev–Trinajstić information content (AvgIpc) is 2.93. The first-order valence-corrected chi connectivity index (χ1v) is 15.8. The normalized spacial score (nSPS) is 12.1. The van der Waals surface area contributed by atoms with Gasteiger partial charge < -0.3 is 10.2 Å². The third-order valence-electron chi connectivity index (χ3n) is 6.78. The lowest BCUT2D eigenvalue weighted by atomic mass is 10.1. The van der Waals surface area contributed by atoms with E-state index in [1.807, 2.05) is 13.8 Å². The third kappa shape index (κ3) is 7.95. The fourth-order valence-electron chi connectivity index (χ4n) is 4.19. The van der Waals surface area contributed by atoms with E-state index in [4.69, 9.17) is 34.8 Å². The highest BCUT2D eigenvalue weighted by molar-refractivity contribution is 7.92. The van der Waals surface area contributed by atoms with Gasteiger partial charge in [0.1, 0.15) is 12.6 Å². The third-order valence-corrected chi connectivity index (χ3v) is 9.67. The van der Waals surface area contributed by atoms with Crippen LogP contribution in [0.4, 0.5) is 5.69 Å². The molecular formula is C30H34Cl3N3O4S. The Kier molecular flexibility index (Phi) is 11.5. The molecule has 0 bridgehead atoms. The van der Waals surface area contributed by atoms with E-state index in [9.17, 15) is 18.0 Å². The van der Waals surface area contributed by atoms with Crippen LogP contribution in [0, 0.1) is 13.8 Å². The van der Waals surface area contributed by atoms with Crippen molar-refractivity contribution in [1.82, 2.24) is 10.2 Å². The van der Waals surface area contributed by atoms with Gasteiger partial charge in [0.05, 0.1) is 10.6 Å². The number of benzene rings is 3. The van der Waals surface area contributed by atoms with Crippen LogP contribution in [0.1, 0.15) is 43.4 Å². The first-order chi connectivity index (χ1) is 19.4. The maximum atomic E-state index is 14.1. The Morgan fingerprint density at radius 3 is 2.10 bits per heavy atom. The second kappa shape index (κ2) is 14.4. The standard InChI is InChI=1S/C30H34Cl3N3O4S/c1-5-6-17-34-30(38)22(4)35(18-24-26(32)10-7-11-27(24)33)29(37)19-36(28-12-8-9-25(31)21(28)3)41(39,40)23-15-13-20(2)14-16-23/h7-16,22H,5-6,17-19H2,1-4H3,(H,34,38)/t22-/m0/s1. The second-order valence-corrected chi connectivity index (χ2v) is 12.8. The van der Waals surface area contributed by atoms with Crippen molar-refractivity contribution in [3.8, 4) is 0 Å². The minimum Gasteiger partial charge on any atom is -0.354 e. The quantitative estimate of drug-likeness (QED) is 0.221. The van der Waals surface area contributed by atoms with Crippen molar-refractivity contribution in [2.24, 2.45) is 0 Å². The molecule has 3 rings (SSSR count). The van der Waals surface area contributed by atoms with Crippen LogP contribution in [0.3, 0.4) is 0 Å². The smallest absolute Gasteiger partial charge is 0.264 e. The van der Waals surface area contributed by atoms with Crippen molar-refractivity contribution in [2.75, 3.05) is 17.4 Å². The Hall–Kier alpha value is -2.78. The number of nitrogens with one attached hydrogen (secondary N) is 1. The first-order valence-electron chi connectivity index (χ1n) is 13.2.